The Morgan fingerprint density at radius 1 is 1.75 bits per heavy atom. The molecule has 0 bridgehead atoms. The Morgan fingerprint density at radius 2 is 1.75 bits per heavy atom. The third-order valence-corrected chi connectivity index (χ3v) is 0. The molecule has 1 N–H and O–H groups in total. The van der Waals surface area contributed by atoms with Crippen molar-refractivity contribution in [3.05, 3.63) is 12.8 Å². The molecule has 0 unspecified atom stereocenters. The fourth-order valence-corrected chi connectivity index (χ4v) is 0. The summed E-state index contributed by atoms with van der Waals surface area (Å²) in [5, 5.41) is 7.33. The first-order valence-corrected chi connectivity index (χ1v) is 0.666. The fourth-order valence-electron chi connectivity index (χ4n) is 0. The van der Waals surface area contributed by atoms with Gasteiger partial charge in [-0.05, 0) is 0 Å². The smallest absolute Gasteiger partial charge is 0.0719 e. The predicted molar refractivity (Wildman–Crippen MR) is 18.6 cm³/mol. The Kier molecular flexibility index (Phi) is 24.7. The molecule has 0 rings (SSSR count). The SMILES string of the molecule is C=CO.[Li]. The maximum absolute atomic E-state index is 7.33. The first-order valence-electron chi connectivity index (χ1n) is 0.666. The molecule has 0 aromatic heterocycles. The summed E-state index contributed by atoms with van der Waals surface area (Å²) < 4.78 is 0. The van der Waals surface area contributed by atoms with Crippen LogP contribution in [-0.4, -0.2) is 24.0 Å². The number of aliphatic hydroxyl groups is 1. The zero-order chi connectivity index (χ0) is 2.71. The van der Waals surface area contributed by atoms with Crippen molar-refractivity contribution in [3.63, 3.8) is 0 Å². The Morgan fingerprint density at radius 3 is 1.75 bits per heavy atom. The normalized spacial score (nSPS) is 3.00. The maximum Gasteiger partial charge on any atom is 0.0719 e. The van der Waals surface area contributed by atoms with E-state index in [4.69, 9.17) is 5.11 Å². The van der Waals surface area contributed by atoms with Crippen molar-refractivity contribution < 1.29 is 5.11 Å². The fraction of sp³-hybridized carbons (Fsp3) is 0. The molecule has 0 spiro atoms. The van der Waals surface area contributed by atoms with Gasteiger partial charge >= 0.3 is 0 Å². The van der Waals surface area contributed by atoms with Gasteiger partial charge in [0, 0.05) is 18.9 Å². The molecule has 0 atom stereocenters. The zero-order valence-corrected chi connectivity index (χ0v) is 2.73. The van der Waals surface area contributed by atoms with Gasteiger partial charge in [-0.2, -0.15) is 0 Å². The largest absolute Gasteiger partial charge is 0.516 e. The van der Waals surface area contributed by atoms with Crippen LogP contribution in [0.1, 0.15) is 0 Å². The van der Waals surface area contributed by atoms with Crippen molar-refractivity contribution in [1.29, 1.82) is 0 Å². The quantitative estimate of drug-likeness (QED) is 0.310. The van der Waals surface area contributed by atoms with E-state index >= 15 is 0 Å². The predicted octanol–water partition coefficient (Wildman–Crippen LogP) is 0.307. The molecular formula is C2H4LiO. The first kappa shape index (κ1) is 8.91. The second-order valence-corrected chi connectivity index (χ2v) is 0.183. The van der Waals surface area contributed by atoms with Crippen LogP contribution in [-0.2, 0) is 0 Å². The van der Waals surface area contributed by atoms with Gasteiger partial charge in [0.25, 0.3) is 0 Å². The van der Waals surface area contributed by atoms with E-state index in [2.05, 4.69) is 6.58 Å². The first-order chi connectivity index (χ1) is 1.41. The van der Waals surface area contributed by atoms with Gasteiger partial charge in [-0.25, -0.2) is 0 Å². The molecular weight excluding hydrogens is 47.0 g/mol. The molecule has 1 nitrogen and oxygen atoms in total. The van der Waals surface area contributed by atoms with E-state index in [1.165, 1.54) is 0 Å². The summed E-state index contributed by atoms with van der Waals surface area (Å²) in [5.74, 6) is 0. The van der Waals surface area contributed by atoms with Gasteiger partial charge < -0.3 is 5.11 Å². The minimum absolute atomic E-state index is 0. The van der Waals surface area contributed by atoms with Gasteiger partial charge in [0.1, 0.15) is 0 Å². The monoisotopic (exact) mass is 51.0 g/mol. The van der Waals surface area contributed by atoms with Crippen LogP contribution in [0.3, 0.4) is 0 Å². The molecule has 0 heterocycles. The van der Waals surface area contributed by atoms with Crippen molar-refractivity contribution in [2.75, 3.05) is 0 Å². The molecule has 0 aliphatic rings. The van der Waals surface area contributed by atoms with Crippen LogP contribution < -0.4 is 0 Å². The molecule has 0 fully saturated rings. The molecule has 0 amide bonds. The van der Waals surface area contributed by atoms with Crippen molar-refractivity contribution in [3.8, 4) is 0 Å². The molecule has 0 aromatic rings. The minimum Gasteiger partial charge on any atom is -0.516 e. The van der Waals surface area contributed by atoms with Gasteiger partial charge in [-0.15, -0.1) is 0 Å². The van der Waals surface area contributed by atoms with Crippen molar-refractivity contribution in [2.45, 2.75) is 0 Å². The summed E-state index contributed by atoms with van der Waals surface area (Å²) >= 11 is 0. The summed E-state index contributed by atoms with van der Waals surface area (Å²) in [4.78, 5) is 0. The molecule has 1 radical (unpaired) electrons. The van der Waals surface area contributed by atoms with Gasteiger partial charge in [0.2, 0.25) is 0 Å². The maximum atomic E-state index is 7.33. The van der Waals surface area contributed by atoms with Crippen LogP contribution in [0.15, 0.2) is 12.8 Å². The van der Waals surface area contributed by atoms with E-state index in [0.717, 1.165) is 6.26 Å². The number of rotatable bonds is 0. The van der Waals surface area contributed by atoms with E-state index in [1.807, 2.05) is 0 Å². The average Bonchev–Trinajstić information content (AvgIpc) is 0.918. The Hall–Kier alpha value is 0.137. The molecule has 4 heavy (non-hydrogen) atoms. The average molecular weight is 51.0 g/mol. The Balaban J connectivity index is 0. The summed E-state index contributed by atoms with van der Waals surface area (Å²) in [6.07, 6.45) is 0.750. The molecule has 0 aliphatic carbocycles. The van der Waals surface area contributed by atoms with Crippen LogP contribution in [0, 0.1) is 0 Å². The molecule has 0 saturated heterocycles. The van der Waals surface area contributed by atoms with Crippen LogP contribution in [0.4, 0.5) is 0 Å². The van der Waals surface area contributed by atoms with Gasteiger partial charge in [0.05, 0.1) is 6.26 Å². The molecule has 0 aromatic carbocycles. The molecule has 19 valence electrons. The summed E-state index contributed by atoms with van der Waals surface area (Å²) in [6, 6.07) is 0. The Labute approximate surface area is 37.5 Å². The second kappa shape index (κ2) is 11.1. The van der Waals surface area contributed by atoms with E-state index in [-0.39, 0.29) is 18.9 Å². The Bertz CT molecular complexity index is 13.5. The van der Waals surface area contributed by atoms with Crippen LogP contribution in [0.2, 0.25) is 0 Å². The summed E-state index contributed by atoms with van der Waals surface area (Å²) in [5.41, 5.74) is 0. The van der Waals surface area contributed by atoms with Gasteiger partial charge in [0.15, 0.2) is 0 Å². The topological polar surface area (TPSA) is 20.2 Å². The zero-order valence-electron chi connectivity index (χ0n) is 2.73. The number of aliphatic hydroxyl groups excluding tert-OH is 1. The summed E-state index contributed by atoms with van der Waals surface area (Å²) in [6.45, 7) is 2.92. The summed E-state index contributed by atoms with van der Waals surface area (Å²) in [7, 11) is 0. The van der Waals surface area contributed by atoms with E-state index in [0.29, 0.717) is 0 Å². The standard InChI is InChI=1S/C2H4O.Li/c1-2-3;/h2-3H,1H2;. The van der Waals surface area contributed by atoms with Crippen molar-refractivity contribution >= 4 is 18.9 Å². The van der Waals surface area contributed by atoms with Crippen LogP contribution >= 0.6 is 0 Å². The van der Waals surface area contributed by atoms with Crippen molar-refractivity contribution in [1.82, 2.24) is 0 Å². The van der Waals surface area contributed by atoms with Gasteiger partial charge in [-0.3, -0.25) is 0 Å². The molecule has 0 aliphatic heterocycles. The molecule has 2 heteroatoms. The van der Waals surface area contributed by atoms with E-state index < -0.39 is 0 Å². The minimum atomic E-state index is 0. The van der Waals surface area contributed by atoms with E-state index in [1.54, 1.807) is 0 Å². The molecule has 0 saturated carbocycles. The second-order valence-electron chi connectivity index (χ2n) is 0.183. The number of hydrogen-bond donors (Lipinski definition) is 1. The van der Waals surface area contributed by atoms with E-state index in [9.17, 15) is 0 Å². The third kappa shape index (κ3) is 146. The van der Waals surface area contributed by atoms with Crippen LogP contribution in [0.25, 0.3) is 0 Å². The van der Waals surface area contributed by atoms with Gasteiger partial charge in [-0.1, -0.05) is 6.58 Å². The van der Waals surface area contributed by atoms with Crippen molar-refractivity contribution in [2.24, 2.45) is 0 Å². The third-order valence-electron chi connectivity index (χ3n) is 0. The van der Waals surface area contributed by atoms with Crippen LogP contribution in [0.5, 0.6) is 0 Å². The number of hydrogen-bond acceptors (Lipinski definition) is 1.